The number of aromatic nitrogens is 2. The number of nitrogens with one attached hydrogen (secondary N) is 1. The zero-order chi connectivity index (χ0) is 11.5. The van der Waals surface area contributed by atoms with Gasteiger partial charge in [-0.2, -0.15) is 5.10 Å². The van der Waals surface area contributed by atoms with E-state index >= 15 is 0 Å². The van der Waals surface area contributed by atoms with Crippen LogP contribution in [0.25, 0.3) is 0 Å². The van der Waals surface area contributed by atoms with Gasteiger partial charge in [0.2, 0.25) is 0 Å². The number of carbonyl (C=O) groups is 1. The van der Waals surface area contributed by atoms with Gasteiger partial charge in [-0.25, -0.2) is 4.79 Å². The Morgan fingerprint density at radius 1 is 1.24 bits per heavy atom. The molecule has 0 amide bonds. The largest absolute Gasteiger partial charge is 0.422 e. The number of nitrogens with zero attached hydrogens (tertiary/aromatic N) is 1. The second kappa shape index (κ2) is 5.66. The molecule has 1 aromatic carbocycles. The number of esters is 1. The van der Waals surface area contributed by atoms with Crippen LogP contribution in [0.2, 0.25) is 0 Å². The van der Waals surface area contributed by atoms with Gasteiger partial charge in [0, 0.05) is 23.3 Å². The SMILES string of the molecule is Cc1cc(C)cc(OC(=O)c2cc[nH]n2)c1.[Cu]. The molecule has 1 N–H and O–H groups in total. The Labute approximate surface area is 110 Å². The Bertz CT molecular complexity index is 489. The quantitative estimate of drug-likeness (QED) is 0.521. The number of hydrogen-bond donors (Lipinski definition) is 1. The molecule has 2 rings (SSSR count). The number of benzene rings is 1. The van der Waals surface area contributed by atoms with Gasteiger partial charge in [-0.1, -0.05) is 6.07 Å². The summed E-state index contributed by atoms with van der Waals surface area (Å²) in [4.78, 5) is 11.6. The Morgan fingerprint density at radius 2 is 1.88 bits per heavy atom. The maximum atomic E-state index is 11.6. The molecule has 0 bridgehead atoms. The Hall–Kier alpha value is -1.58. The zero-order valence-corrected chi connectivity index (χ0v) is 10.4. The molecular weight excluding hydrogens is 268 g/mol. The van der Waals surface area contributed by atoms with Crippen molar-refractivity contribution in [1.82, 2.24) is 10.2 Å². The van der Waals surface area contributed by atoms with Crippen molar-refractivity contribution in [2.45, 2.75) is 13.8 Å². The van der Waals surface area contributed by atoms with Gasteiger partial charge in [-0.15, -0.1) is 0 Å². The normalized spacial score (nSPS) is 9.53. The van der Waals surface area contributed by atoms with E-state index in [9.17, 15) is 4.79 Å². The Balaban J connectivity index is 0.00000144. The van der Waals surface area contributed by atoms with Crippen molar-refractivity contribution in [1.29, 1.82) is 0 Å². The number of carbonyl (C=O) groups excluding carboxylic acids is 1. The number of rotatable bonds is 2. The van der Waals surface area contributed by atoms with Crippen molar-refractivity contribution < 1.29 is 26.6 Å². The van der Waals surface area contributed by atoms with E-state index in [1.54, 1.807) is 12.3 Å². The Morgan fingerprint density at radius 3 is 2.41 bits per heavy atom. The summed E-state index contributed by atoms with van der Waals surface area (Å²) in [6.45, 7) is 3.91. The summed E-state index contributed by atoms with van der Waals surface area (Å²) >= 11 is 0. The minimum absolute atomic E-state index is 0. The van der Waals surface area contributed by atoms with Crippen molar-refractivity contribution in [2.75, 3.05) is 0 Å². The first-order valence-electron chi connectivity index (χ1n) is 4.95. The average Bonchev–Trinajstić information content (AvgIpc) is 2.68. The molecule has 93 valence electrons. The fourth-order valence-corrected chi connectivity index (χ4v) is 1.53. The fourth-order valence-electron chi connectivity index (χ4n) is 1.53. The standard InChI is InChI=1S/C12H12N2O2.Cu/c1-8-5-9(2)7-10(6-8)16-12(15)11-3-4-13-14-11;/h3-7H,1-2H3,(H,13,14);. The van der Waals surface area contributed by atoms with Gasteiger partial charge in [-0.05, 0) is 43.2 Å². The molecule has 0 saturated heterocycles. The minimum Gasteiger partial charge on any atom is -0.422 e. The second-order valence-electron chi connectivity index (χ2n) is 3.67. The number of H-pyrrole nitrogens is 1. The summed E-state index contributed by atoms with van der Waals surface area (Å²) in [6.07, 6.45) is 1.58. The van der Waals surface area contributed by atoms with Gasteiger partial charge in [0.25, 0.3) is 0 Å². The summed E-state index contributed by atoms with van der Waals surface area (Å²) in [7, 11) is 0. The van der Waals surface area contributed by atoms with Crippen molar-refractivity contribution in [3.05, 3.63) is 47.3 Å². The van der Waals surface area contributed by atoms with Gasteiger partial charge in [0.15, 0.2) is 5.69 Å². The van der Waals surface area contributed by atoms with E-state index < -0.39 is 5.97 Å². The molecule has 17 heavy (non-hydrogen) atoms. The van der Waals surface area contributed by atoms with Gasteiger partial charge in [-0.3, -0.25) is 5.10 Å². The maximum absolute atomic E-state index is 11.6. The van der Waals surface area contributed by atoms with Gasteiger partial charge < -0.3 is 4.74 Å². The molecular formula is C12H12CuN2O2. The smallest absolute Gasteiger partial charge is 0.364 e. The molecule has 1 heterocycles. The van der Waals surface area contributed by atoms with E-state index in [4.69, 9.17) is 4.74 Å². The zero-order valence-electron chi connectivity index (χ0n) is 9.45. The molecule has 0 aliphatic carbocycles. The van der Waals surface area contributed by atoms with Crippen LogP contribution in [0.4, 0.5) is 0 Å². The van der Waals surface area contributed by atoms with E-state index in [0.717, 1.165) is 11.1 Å². The second-order valence-corrected chi connectivity index (χ2v) is 3.67. The summed E-state index contributed by atoms with van der Waals surface area (Å²) in [5.74, 6) is 0.0942. The van der Waals surface area contributed by atoms with Crippen molar-refractivity contribution in [2.24, 2.45) is 0 Å². The molecule has 1 aromatic heterocycles. The number of ether oxygens (including phenoxy) is 1. The van der Waals surface area contributed by atoms with Crippen LogP contribution in [-0.2, 0) is 17.1 Å². The molecule has 0 aliphatic rings. The van der Waals surface area contributed by atoms with Crippen LogP contribution in [0.5, 0.6) is 5.75 Å². The molecule has 0 fully saturated rings. The van der Waals surface area contributed by atoms with Gasteiger partial charge in [0.1, 0.15) is 5.75 Å². The maximum Gasteiger partial charge on any atom is 0.364 e. The molecule has 0 unspecified atom stereocenters. The van der Waals surface area contributed by atoms with Crippen molar-refractivity contribution in [3.63, 3.8) is 0 Å². The molecule has 5 heteroatoms. The van der Waals surface area contributed by atoms with Crippen LogP contribution in [-0.4, -0.2) is 16.2 Å². The fraction of sp³-hybridized carbons (Fsp3) is 0.167. The van der Waals surface area contributed by atoms with Crippen molar-refractivity contribution >= 4 is 5.97 Å². The monoisotopic (exact) mass is 279 g/mol. The number of aryl methyl sites for hydroxylation is 2. The summed E-state index contributed by atoms with van der Waals surface area (Å²) in [6, 6.07) is 7.23. The first kappa shape index (κ1) is 13.5. The molecule has 0 saturated carbocycles. The van der Waals surface area contributed by atoms with Gasteiger partial charge >= 0.3 is 5.97 Å². The Kier molecular flexibility index (Phi) is 4.49. The molecule has 0 atom stereocenters. The van der Waals surface area contributed by atoms with Crippen LogP contribution in [0, 0.1) is 13.8 Å². The van der Waals surface area contributed by atoms with Crippen molar-refractivity contribution in [3.8, 4) is 5.75 Å². The van der Waals surface area contributed by atoms with E-state index in [1.165, 1.54) is 0 Å². The first-order valence-corrected chi connectivity index (χ1v) is 4.95. The van der Waals surface area contributed by atoms with Gasteiger partial charge in [0.05, 0.1) is 0 Å². The molecule has 0 aliphatic heterocycles. The molecule has 1 radical (unpaired) electrons. The third kappa shape index (κ3) is 3.44. The van der Waals surface area contributed by atoms with Crippen LogP contribution < -0.4 is 4.74 Å². The predicted octanol–water partition coefficient (Wildman–Crippen LogP) is 2.24. The van der Waals surface area contributed by atoms with Crippen LogP contribution in [0.1, 0.15) is 21.6 Å². The molecule has 2 aromatic rings. The average molecular weight is 280 g/mol. The summed E-state index contributed by atoms with van der Waals surface area (Å²) in [5, 5.41) is 6.33. The topological polar surface area (TPSA) is 55.0 Å². The summed E-state index contributed by atoms with van der Waals surface area (Å²) in [5.41, 5.74) is 2.40. The van der Waals surface area contributed by atoms with E-state index in [0.29, 0.717) is 5.75 Å². The number of hydrogen-bond acceptors (Lipinski definition) is 3. The van der Waals surface area contributed by atoms with Crippen LogP contribution in [0.15, 0.2) is 30.5 Å². The molecule has 0 spiro atoms. The van der Waals surface area contributed by atoms with Crippen LogP contribution >= 0.6 is 0 Å². The minimum atomic E-state index is -0.453. The molecule has 4 nitrogen and oxygen atoms in total. The van der Waals surface area contributed by atoms with Crippen LogP contribution in [0.3, 0.4) is 0 Å². The third-order valence-corrected chi connectivity index (χ3v) is 2.12. The van der Waals surface area contributed by atoms with E-state index in [-0.39, 0.29) is 22.8 Å². The van der Waals surface area contributed by atoms with E-state index in [2.05, 4.69) is 10.2 Å². The first-order chi connectivity index (χ1) is 7.65. The third-order valence-electron chi connectivity index (χ3n) is 2.12. The summed E-state index contributed by atoms with van der Waals surface area (Å²) < 4.78 is 5.20. The van der Waals surface area contributed by atoms with E-state index in [1.807, 2.05) is 32.0 Å². The predicted molar refractivity (Wildman–Crippen MR) is 59.5 cm³/mol. The number of aromatic amines is 1.